The molecule has 0 saturated heterocycles. The lowest BCUT2D eigenvalue weighted by atomic mass is 10.1. The molecule has 0 heterocycles. The molecule has 0 unspecified atom stereocenters. The smallest absolute Gasteiger partial charge is 0.228 e. The van der Waals surface area contributed by atoms with E-state index in [2.05, 4.69) is 4.74 Å². The Morgan fingerprint density at radius 2 is 2.44 bits per heavy atom. The van der Waals surface area contributed by atoms with Crippen LogP contribution in [0.3, 0.4) is 0 Å². The lowest BCUT2D eigenvalue weighted by Gasteiger charge is -2.10. The van der Waals surface area contributed by atoms with E-state index in [0.717, 1.165) is 25.0 Å². The normalized spacial score (nSPS) is 19.0. The molecule has 52 valence electrons. The van der Waals surface area contributed by atoms with E-state index in [4.69, 9.17) is 0 Å². The Morgan fingerprint density at radius 1 is 1.56 bits per heavy atom. The minimum atomic E-state index is -0.675. The molecule has 1 rings (SSSR count). The molecular formula is C7H11FO. The first-order valence-corrected chi connectivity index (χ1v) is 3.31. The van der Waals surface area contributed by atoms with Gasteiger partial charge in [0, 0.05) is 6.42 Å². The van der Waals surface area contributed by atoms with Gasteiger partial charge in [-0.1, -0.05) is 0 Å². The Kier molecular flexibility index (Phi) is 2.55. The molecule has 1 aliphatic rings. The number of alkyl halides is 1. The van der Waals surface area contributed by atoms with Gasteiger partial charge >= 0.3 is 0 Å². The molecule has 0 atom stereocenters. The lowest BCUT2D eigenvalue weighted by Crippen LogP contribution is -1.95. The van der Waals surface area contributed by atoms with E-state index in [1.807, 2.05) is 6.08 Å². The molecule has 0 fully saturated rings. The summed E-state index contributed by atoms with van der Waals surface area (Å²) < 4.78 is 16.2. The van der Waals surface area contributed by atoms with E-state index in [0.29, 0.717) is 0 Å². The van der Waals surface area contributed by atoms with Gasteiger partial charge in [0.15, 0.2) is 0 Å². The van der Waals surface area contributed by atoms with Crippen LogP contribution in [0.2, 0.25) is 0 Å². The van der Waals surface area contributed by atoms with Crippen molar-refractivity contribution in [1.82, 2.24) is 0 Å². The summed E-state index contributed by atoms with van der Waals surface area (Å²) in [7, 11) is 0. The first-order valence-electron chi connectivity index (χ1n) is 3.31. The summed E-state index contributed by atoms with van der Waals surface area (Å²) >= 11 is 0. The van der Waals surface area contributed by atoms with Crippen molar-refractivity contribution in [2.45, 2.75) is 25.7 Å². The van der Waals surface area contributed by atoms with Crippen LogP contribution < -0.4 is 0 Å². The molecule has 1 aliphatic carbocycles. The van der Waals surface area contributed by atoms with Crippen LogP contribution in [0.5, 0.6) is 0 Å². The number of rotatable bonds is 2. The Morgan fingerprint density at radius 3 is 3.00 bits per heavy atom. The maximum atomic E-state index is 11.5. The number of allylic oxidation sites excluding steroid dienone is 2. The van der Waals surface area contributed by atoms with Crippen LogP contribution in [0.25, 0.3) is 0 Å². The van der Waals surface area contributed by atoms with Crippen molar-refractivity contribution < 1.29 is 9.13 Å². The van der Waals surface area contributed by atoms with E-state index in [1.165, 1.54) is 6.42 Å². The Balaban J connectivity index is 2.28. The third kappa shape index (κ3) is 2.04. The minimum Gasteiger partial charge on any atom is -0.468 e. The number of hydrogen-bond acceptors (Lipinski definition) is 1. The average molecular weight is 130 g/mol. The van der Waals surface area contributed by atoms with E-state index < -0.39 is 6.86 Å². The third-order valence-electron chi connectivity index (χ3n) is 1.49. The summed E-state index contributed by atoms with van der Waals surface area (Å²) in [6.07, 6.45) is 6.31. The molecule has 2 heteroatoms. The van der Waals surface area contributed by atoms with Gasteiger partial charge in [0.1, 0.15) is 0 Å². The highest BCUT2D eigenvalue weighted by molar-refractivity contribution is 4.96. The largest absolute Gasteiger partial charge is 0.468 e. The summed E-state index contributed by atoms with van der Waals surface area (Å²) in [5.74, 6) is 0.837. The van der Waals surface area contributed by atoms with Crippen molar-refractivity contribution >= 4 is 0 Å². The molecule has 0 aromatic rings. The second-order valence-electron chi connectivity index (χ2n) is 2.17. The SMILES string of the molecule is FCOC1=CCCCC1. The summed E-state index contributed by atoms with van der Waals surface area (Å²) in [6.45, 7) is -0.675. The molecule has 0 radical (unpaired) electrons. The average Bonchev–Trinajstić information content (AvgIpc) is 1.91. The first-order chi connectivity index (χ1) is 4.43. The van der Waals surface area contributed by atoms with Crippen molar-refractivity contribution in [3.63, 3.8) is 0 Å². The number of halogens is 1. The zero-order valence-corrected chi connectivity index (χ0v) is 5.40. The molecule has 0 N–H and O–H groups in total. The van der Waals surface area contributed by atoms with E-state index in [9.17, 15) is 4.39 Å². The maximum Gasteiger partial charge on any atom is 0.228 e. The maximum absolute atomic E-state index is 11.5. The van der Waals surface area contributed by atoms with Gasteiger partial charge in [0.25, 0.3) is 0 Å². The summed E-state index contributed by atoms with van der Waals surface area (Å²) in [5.41, 5.74) is 0. The lowest BCUT2D eigenvalue weighted by molar-refractivity contribution is 0.106. The second kappa shape index (κ2) is 3.49. The quantitative estimate of drug-likeness (QED) is 0.557. The van der Waals surface area contributed by atoms with Crippen molar-refractivity contribution in [3.05, 3.63) is 11.8 Å². The fraction of sp³-hybridized carbons (Fsp3) is 0.714. The predicted molar refractivity (Wildman–Crippen MR) is 33.6 cm³/mol. The van der Waals surface area contributed by atoms with Gasteiger partial charge in [-0.3, -0.25) is 0 Å². The fourth-order valence-electron chi connectivity index (χ4n) is 1.01. The van der Waals surface area contributed by atoms with E-state index in [1.54, 1.807) is 0 Å². The highest BCUT2D eigenvalue weighted by Crippen LogP contribution is 2.17. The number of hydrogen-bond donors (Lipinski definition) is 0. The third-order valence-corrected chi connectivity index (χ3v) is 1.49. The molecule has 0 aliphatic heterocycles. The Hall–Kier alpha value is -0.530. The molecule has 0 amide bonds. The second-order valence-corrected chi connectivity index (χ2v) is 2.17. The van der Waals surface area contributed by atoms with Gasteiger partial charge in [-0.05, 0) is 25.3 Å². The van der Waals surface area contributed by atoms with Crippen LogP contribution in [-0.2, 0) is 4.74 Å². The van der Waals surface area contributed by atoms with Crippen LogP contribution >= 0.6 is 0 Å². The molecule has 0 bridgehead atoms. The van der Waals surface area contributed by atoms with Crippen LogP contribution in [0.15, 0.2) is 11.8 Å². The molecule has 9 heavy (non-hydrogen) atoms. The van der Waals surface area contributed by atoms with Crippen LogP contribution in [0, 0.1) is 0 Å². The van der Waals surface area contributed by atoms with Crippen molar-refractivity contribution in [2.24, 2.45) is 0 Å². The highest BCUT2D eigenvalue weighted by Gasteiger charge is 2.02. The van der Waals surface area contributed by atoms with Crippen molar-refractivity contribution in [3.8, 4) is 0 Å². The van der Waals surface area contributed by atoms with E-state index in [-0.39, 0.29) is 0 Å². The van der Waals surface area contributed by atoms with Crippen LogP contribution in [0.1, 0.15) is 25.7 Å². The molecular weight excluding hydrogens is 119 g/mol. The standard InChI is InChI=1S/C7H11FO/c8-6-9-7-4-2-1-3-5-7/h4H,1-3,5-6H2. The molecule has 0 spiro atoms. The zero-order valence-electron chi connectivity index (χ0n) is 5.40. The molecule has 0 aromatic heterocycles. The van der Waals surface area contributed by atoms with E-state index >= 15 is 0 Å². The minimum absolute atomic E-state index is 0.675. The predicted octanol–water partition coefficient (Wildman–Crippen LogP) is 2.39. The van der Waals surface area contributed by atoms with Gasteiger partial charge in [-0.15, -0.1) is 0 Å². The van der Waals surface area contributed by atoms with Gasteiger partial charge in [-0.2, -0.15) is 0 Å². The monoisotopic (exact) mass is 130 g/mol. The van der Waals surface area contributed by atoms with Gasteiger partial charge in [0.2, 0.25) is 6.86 Å². The van der Waals surface area contributed by atoms with Gasteiger partial charge in [0.05, 0.1) is 5.76 Å². The molecule has 0 aromatic carbocycles. The fourth-order valence-corrected chi connectivity index (χ4v) is 1.01. The van der Waals surface area contributed by atoms with Gasteiger partial charge in [-0.25, -0.2) is 4.39 Å². The molecule has 0 saturated carbocycles. The Labute approximate surface area is 54.5 Å². The highest BCUT2D eigenvalue weighted by atomic mass is 19.1. The first kappa shape index (κ1) is 6.59. The van der Waals surface area contributed by atoms with Crippen LogP contribution in [-0.4, -0.2) is 6.86 Å². The topological polar surface area (TPSA) is 9.23 Å². The summed E-state index contributed by atoms with van der Waals surface area (Å²) in [4.78, 5) is 0. The Bertz CT molecular complexity index is 109. The summed E-state index contributed by atoms with van der Waals surface area (Å²) in [5, 5.41) is 0. The molecule has 1 nitrogen and oxygen atoms in total. The number of ether oxygens (including phenoxy) is 1. The van der Waals surface area contributed by atoms with Gasteiger partial charge < -0.3 is 4.74 Å². The van der Waals surface area contributed by atoms with Crippen molar-refractivity contribution in [1.29, 1.82) is 0 Å². The zero-order chi connectivity index (χ0) is 6.53. The summed E-state index contributed by atoms with van der Waals surface area (Å²) in [6, 6.07) is 0. The van der Waals surface area contributed by atoms with Crippen LogP contribution in [0.4, 0.5) is 4.39 Å². The van der Waals surface area contributed by atoms with Crippen molar-refractivity contribution in [2.75, 3.05) is 6.86 Å².